The lowest BCUT2D eigenvalue weighted by Crippen LogP contribution is -2.70. The lowest BCUT2D eigenvalue weighted by molar-refractivity contribution is -0.298. The van der Waals surface area contributed by atoms with E-state index in [4.69, 9.17) is 33.3 Å². The van der Waals surface area contributed by atoms with Crippen molar-refractivity contribution in [3.8, 4) is 0 Å². The number of fused-ring (bicyclic) bond motifs is 4. The van der Waals surface area contributed by atoms with Crippen molar-refractivity contribution >= 4 is 29.8 Å². The molecule has 2 amide bonds. The number of hydrogen-bond acceptors (Lipinski definition) is 17. The maximum Gasteiger partial charge on any atom is 0.327 e. The minimum Gasteiger partial charge on any atom is -0.460 e. The van der Waals surface area contributed by atoms with Crippen LogP contribution in [0.4, 0.5) is 0 Å². The molecule has 76 heavy (non-hydrogen) atoms. The van der Waals surface area contributed by atoms with Gasteiger partial charge >= 0.3 is 11.9 Å². The number of hydroxylamine groups is 2. The van der Waals surface area contributed by atoms with Crippen LogP contribution in [-0.4, -0.2) is 165 Å². The first-order chi connectivity index (χ1) is 36.5. The molecule has 406 valence electrons. The first kappa shape index (κ1) is 54.8. The summed E-state index contributed by atoms with van der Waals surface area (Å²) in [7, 11) is 1.52. The summed E-state index contributed by atoms with van der Waals surface area (Å²) in [4.78, 5) is 66.8. The molecule has 4 heterocycles. The van der Waals surface area contributed by atoms with Gasteiger partial charge in [-0.2, -0.15) is 5.06 Å². The SMILES string of the molecule is CN(C(=O)C12CC3OC(=O)C1N(Cc1cccc(C=CCOC4OC(CO)C(O)C(O)C4O)c1)OC2C1OC(c2ccccc2)(c2ccccc2)OC31)C(Cc1ccccc1)C(=O)NC(CO)CCC(=O)OC(C)(C)C. The Morgan fingerprint density at radius 3 is 2.14 bits per heavy atom. The molecular formula is C57H67N3O16. The third-order valence-corrected chi connectivity index (χ3v) is 14.7. The minimum absolute atomic E-state index is 0.0206. The average molecular weight is 1050 g/mol. The number of aliphatic hydroxyl groups excluding tert-OH is 5. The molecule has 5 fully saturated rings. The number of hydrogen-bond donors (Lipinski definition) is 6. The van der Waals surface area contributed by atoms with Gasteiger partial charge in [0, 0.05) is 37.4 Å². The molecule has 4 aromatic carbocycles. The van der Waals surface area contributed by atoms with Crippen molar-refractivity contribution in [2.75, 3.05) is 26.9 Å². The second-order valence-corrected chi connectivity index (χ2v) is 21.0. The summed E-state index contributed by atoms with van der Waals surface area (Å²) in [6, 6.07) is 31.8. The van der Waals surface area contributed by atoms with Crippen LogP contribution in [0.15, 0.2) is 121 Å². The van der Waals surface area contributed by atoms with Crippen molar-refractivity contribution in [3.05, 3.63) is 149 Å². The van der Waals surface area contributed by atoms with Crippen molar-refractivity contribution in [3.63, 3.8) is 0 Å². The highest BCUT2D eigenvalue weighted by Gasteiger charge is 2.77. The molecule has 0 aromatic heterocycles. The molecule has 19 heteroatoms. The lowest BCUT2D eigenvalue weighted by Gasteiger charge is -2.50. The van der Waals surface area contributed by atoms with Crippen molar-refractivity contribution in [2.45, 2.75) is 138 Å². The Bertz CT molecular complexity index is 2650. The molecule has 13 atom stereocenters. The van der Waals surface area contributed by atoms with E-state index >= 15 is 4.79 Å². The summed E-state index contributed by atoms with van der Waals surface area (Å²) in [6.07, 6.45) is -7.83. The Balaban J connectivity index is 1.04. The molecule has 6 N–H and O–H groups in total. The molecule has 2 bridgehead atoms. The predicted molar refractivity (Wildman–Crippen MR) is 271 cm³/mol. The predicted octanol–water partition coefficient (Wildman–Crippen LogP) is 2.67. The van der Waals surface area contributed by atoms with Gasteiger partial charge in [0.05, 0.1) is 32.4 Å². The molecule has 4 aromatic rings. The number of amides is 2. The summed E-state index contributed by atoms with van der Waals surface area (Å²) in [6.45, 7) is 4.06. The molecule has 0 radical (unpaired) electrons. The fourth-order valence-electron chi connectivity index (χ4n) is 11.1. The standard InChI is InChI=1S/C57H67N3O16/c1-55(2,3)73-43(63)26-25-39(32-61)58-51(67)40(29-35-16-8-5-9-17-35)59(4)54(69)56-30-41-47-48(75-57(74-47,37-21-10-6-11-22-37)38-23-12-7-13-24-38)50(56)76-60(49(56)52(68)71-41)31-36-19-14-18-34(28-36)20-15-27-70-53-46(66)45(65)44(64)42(33-62)72-53/h5-24,28,39-42,44-50,53,61-62,64-66H,25-27,29-33H2,1-4H3,(H,58,67). The maximum atomic E-state index is 16.1. The van der Waals surface area contributed by atoms with Crippen LogP contribution in [0.2, 0.25) is 0 Å². The number of ether oxygens (including phenoxy) is 6. The van der Waals surface area contributed by atoms with Gasteiger partial charge in [0.25, 0.3) is 0 Å². The number of esters is 2. The van der Waals surface area contributed by atoms with Crippen LogP contribution < -0.4 is 5.32 Å². The Morgan fingerprint density at radius 2 is 1.50 bits per heavy atom. The highest BCUT2D eigenvalue weighted by molar-refractivity contribution is 5.96. The van der Waals surface area contributed by atoms with Gasteiger partial charge in [-0.25, -0.2) is 0 Å². The van der Waals surface area contributed by atoms with Crippen molar-refractivity contribution < 1.29 is 78.0 Å². The van der Waals surface area contributed by atoms with Crippen LogP contribution in [0.25, 0.3) is 6.08 Å². The number of likely N-dealkylation sites (N-methyl/N-ethyl adjacent to an activating group) is 1. The summed E-state index contributed by atoms with van der Waals surface area (Å²) >= 11 is 0. The van der Waals surface area contributed by atoms with E-state index in [1.807, 2.05) is 109 Å². The van der Waals surface area contributed by atoms with E-state index in [2.05, 4.69) is 5.32 Å². The van der Waals surface area contributed by atoms with Crippen molar-refractivity contribution in [2.24, 2.45) is 5.41 Å². The van der Waals surface area contributed by atoms with Crippen molar-refractivity contribution in [1.82, 2.24) is 15.3 Å². The zero-order chi connectivity index (χ0) is 53.9. The largest absolute Gasteiger partial charge is 0.460 e. The van der Waals surface area contributed by atoms with E-state index in [1.54, 1.807) is 39.0 Å². The number of carbonyl (C=O) groups is 4. The molecule has 1 aliphatic carbocycles. The van der Waals surface area contributed by atoms with E-state index < -0.39 is 127 Å². The number of benzene rings is 4. The molecular weight excluding hydrogens is 983 g/mol. The highest BCUT2D eigenvalue weighted by atomic mass is 16.8. The van der Waals surface area contributed by atoms with E-state index in [1.165, 1.54) is 17.0 Å². The number of carbonyl (C=O) groups excluding carboxylic acids is 4. The third-order valence-electron chi connectivity index (χ3n) is 14.7. The Labute approximate surface area is 440 Å². The smallest absolute Gasteiger partial charge is 0.327 e. The monoisotopic (exact) mass is 1050 g/mol. The van der Waals surface area contributed by atoms with Crippen LogP contribution in [-0.2, 0) is 71.2 Å². The third kappa shape index (κ3) is 11.1. The van der Waals surface area contributed by atoms with E-state index in [0.717, 1.165) is 5.56 Å². The van der Waals surface area contributed by atoms with Crippen LogP contribution in [0.3, 0.4) is 0 Å². The second-order valence-electron chi connectivity index (χ2n) is 21.0. The van der Waals surface area contributed by atoms with E-state index in [-0.39, 0.29) is 38.8 Å². The molecule has 19 nitrogen and oxygen atoms in total. The van der Waals surface area contributed by atoms with Gasteiger partial charge in [0.1, 0.15) is 65.9 Å². The highest BCUT2D eigenvalue weighted by Crippen LogP contribution is 2.60. The van der Waals surface area contributed by atoms with E-state index in [0.29, 0.717) is 22.3 Å². The maximum absolute atomic E-state index is 16.1. The van der Waals surface area contributed by atoms with Gasteiger partial charge < -0.3 is 64.2 Å². The van der Waals surface area contributed by atoms with Gasteiger partial charge in [-0.3, -0.25) is 24.0 Å². The lowest BCUT2D eigenvalue weighted by atomic mass is 9.62. The molecule has 4 aliphatic heterocycles. The zero-order valence-corrected chi connectivity index (χ0v) is 42.8. The van der Waals surface area contributed by atoms with Crippen LogP contribution >= 0.6 is 0 Å². The first-order valence-electron chi connectivity index (χ1n) is 25.7. The quantitative estimate of drug-likeness (QED) is 0.0739. The van der Waals surface area contributed by atoms with Crippen LogP contribution in [0.5, 0.6) is 0 Å². The van der Waals surface area contributed by atoms with Gasteiger partial charge in [-0.15, -0.1) is 0 Å². The van der Waals surface area contributed by atoms with Crippen LogP contribution in [0.1, 0.15) is 67.9 Å². The normalized spacial score (nSPS) is 29.5. The van der Waals surface area contributed by atoms with E-state index in [9.17, 15) is 39.9 Å². The van der Waals surface area contributed by atoms with Gasteiger partial charge in [0.15, 0.2) is 12.3 Å². The fourth-order valence-corrected chi connectivity index (χ4v) is 11.1. The van der Waals surface area contributed by atoms with Crippen LogP contribution in [0, 0.1) is 5.41 Å². The molecule has 13 unspecified atom stereocenters. The Hall–Kier alpha value is -5.94. The Kier molecular flexibility index (Phi) is 16.6. The molecule has 4 saturated heterocycles. The summed E-state index contributed by atoms with van der Waals surface area (Å²) in [5.74, 6) is -3.92. The fraction of sp³-hybridized carbons (Fsp3) is 0.474. The summed E-state index contributed by atoms with van der Waals surface area (Å²) < 4.78 is 37.2. The first-order valence-corrected chi connectivity index (χ1v) is 25.7. The minimum atomic E-state index is -1.72. The number of nitrogens with one attached hydrogen (secondary N) is 1. The number of rotatable bonds is 19. The summed E-state index contributed by atoms with van der Waals surface area (Å²) in [5, 5.41) is 55.2. The number of nitrogens with zero attached hydrogens (tertiary/aromatic N) is 2. The van der Waals surface area contributed by atoms with Gasteiger partial charge in [-0.05, 0) is 43.9 Å². The van der Waals surface area contributed by atoms with Crippen molar-refractivity contribution in [1.29, 1.82) is 0 Å². The van der Waals surface area contributed by atoms with Gasteiger partial charge in [-0.1, -0.05) is 127 Å². The molecule has 1 saturated carbocycles. The molecule has 9 rings (SSSR count). The second kappa shape index (κ2) is 23.0. The Morgan fingerprint density at radius 1 is 0.855 bits per heavy atom. The topological polar surface area (TPSA) is 253 Å². The number of aliphatic hydroxyl groups is 5. The summed E-state index contributed by atoms with van der Waals surface area (Å²) in [5.41, 5.74) is 0.979. The molecule has 5 aliphatic rings. The average Bonchev–Trinajstić information content (AvgIpc) is 4.12. The molecule has 0 spiro atoms. The zero-order valence-electron chi connectivity index (χ0n) is 42.8. The van der Waals surface area contributed by atoms with Gasteiger partial charge in [0.2, 0.25) is 17.6 Å².